The maximum Gasteiger partial charge on any atom is 0.234 e. The number of methoxy groups -OCH3 is 1. The average molecular weight is 453 g/mol. The van der Waals surface area contributed by atoms with Gasteiger partial charge in [0, 0.05) is 24.6 Å². The third-order valence-corrected chi connectivity index (χ3v) is 8.05. The van der Waals surface area contributed by atoms with Gasteiger partial charge in [0.1, 0.15) is 0 Å². The van der Waals surface area contributed by atoms with Crippen LogP contribution in [0.2, 0.25) is 0 Å². The zero-order chi connectivity index (χ0) is 23.6. The first-order valence-corrected chi connectivity index (χ1v) is 11.6. The van der Waals surface area contributed by atoms with E-state index in [0.717, 1.165) is 5.57 Å². The van der Waals surface area contributed by atoms with Gasteiger partial charge in [-0.2, -0.15) is 0 Å². The molecule has 3 fully saturated rings. The summed E-state index contributed by atoms with van der Waals surface area (Å²) in [7, 11) is 1.46. The van der Waals surface area contributed by atoms with E-state index in [1.165, 1.54) is 16.9 Å². The maximum absolute atomic E-state index is 13.4. The van der Waals surface area contributed by atoms with E-state index in [0.29, 0.717) is 24.9 Å². The van der Waals surface area contributed by atoms with Crippen molar-refractivity contribution in [1.82, 2.24) is 9.80 Å². The Morgan fingerprint density at radius 2 is 1.55 bits per heavy atom. The third-order valence-electron chi connectivity index (χ3n) is 8.05. The number of fused-ring (bicyclic) bond motifs is 4. The van der Waals surface area contributed by atoms with Crippen molar-refractivity contribution in [3.63, 3.8) is 0 Å². The van der Waals surface area contributed by atoms with E-state index < -0.39 is 29.6 Å². The van der Waals surface area contributed by atoms with Crippen molar-refractivity contribution in [3.05, 3.63) is 35.4 Å². The van der Waals surface area contributed by atoms with Crippen molar-refractivity contribution in [2.75, 3.05) is 20.2 Å². The van der Waals surface area contributed by atoms with Crippen molar-refractivity contribution in [3.8, 4) is 11.5 Å². The molecular weight excluding hydrogens is 424 g/mol. The summed E-state index contributed by atoms with van der Waals surface area (Å²) >= 11 is 0. The first-order valence-electron chi connectivity index (χ1n) is 11.6. The van der Waals surface area contributed by atoms with Gasteiger partial charge in [0.05, 0.1) is 30.8 Å². The maximum atomic E-state index is 13.4. The first kappa shape index (κ1) is 21.7. The van der Waals surface area contributed by atoms with E-state index >= 15 is 0 Å². The van der Waals surface area contributed by atoms with Gasteiger partial charge in [-0.15, -0.1) is 0 Å². The highest BCUT2D eigenvalue weighted by molar-refractivity contribution is 6.08. The molecule has 0 bridgehead atoms. The van der Waals surface area contributed by atoms with Crippen LogP contribution in [0.5, 0.6) is 11.5 Å². The van der Waals surface area contributed by atoms with Crippen molar-refractivity contribution < 1.29 is 29.0 Å². The number of ether oxygens (including phenoxy) is 1. The molecule has 4 amide bonds. The van der Waals surface area contributed by atoms with Gasteiger partial charge in [-0.05, 0) is 38.7 Å². The molecule has 6 unspecified atom stereocenters. The largest absolute Gasteiger partial charge is 0.504 e. The minimum atomic E-state index is -0.649. The number of phenols is 1. The van der Waals surface area contributed by atoms with Crippen LogP contribution in [0.25, 0.3) is 0 Å². The number of nitrogens with zero attached hydrogens (tertiary/aromatic N) is 2. The normalized spacial score (nSPS) is 33.1. The molecule has 1 aromatic rings. The molecule has 8 nitrogen and oxygen atoms in total. The Hall–Kier alpha value is -3.16. The number of hydrogen-bond donors (Lipinski definition) is 1. The number of likely N-dealkylation sites (tertiary alicyclic amines) is 2. The van der Waals surface area contributed by atoms with Crippen LogP contribution < -0.4 is 4.74 Å². The summed E-state index contributed by atoms with van der Waals surface area (Å²) in [5.74, 6) is -3.70. The zero-order valence-corrected chi connectivity index (χ0v) is 19.0. The second kappa shape index (κ2) is 7.71. The molecule has 1 N–H and O–H groups in total. The molecule has 0 radical (unpaired) electrons. The van der Waals surface area contributed by atoms with Crippen LogP contribution in [-0.2, 0) is 19.2 Å². The second-order valence-electron chi connectivity index (χ2n) is 9.26. The molecule has 0 spiro atoms. The lowest BCUT2D eigenvalue weighted by atomic mass is 9.57. The molecule has 2 saturated heterocycles. The first-order chi connectivity index (χ1) is 15.8. The number of para-hydroxylation sites is 1. The number of carbonyl (C=O) groups is 4. The number of amides is 4. The quantitative estimate of drug-likeness (QED) is 0.554. The molecule has 0 aromatic heterocycles. The smallest absolute Gasteiger partial charge is 0.234 e. The van der Waals surface area contributed by atoms with Crippen LogP contribution >= 0.6 is 0 Å². The summed E-state index contributed by atoms with van der Waals surface area (Å²) in [6.07, 6.45) is 2.74. The molecule has 8 heteroatoms. The molecule has 4 aliphatic rings. The van der Waals surface area contributed by atoms with Gasteiger partial charge in [0.15, 0.2) is 11.5 Å². The van der Waals surface area contributed by atoms with Crippen molar-refractivity contribution in [2.45, 2.75) is 32.6 Å². The fourth-order valence-electron chi connectivity index (χ4n) is 6.65. The highest BCUT2D eigenvalue weighted by Gasteiger charge is 2.61. The van der Waals surface area contributed by atoms with Crippen LogP contribution in [0, 0.1) is 29.6 Å². The van der Waals surface area contributed by atoms with Gasteiger partial charge in [0.2, 0.25) is 23.6 Å². The van der Waals surface area contributed by atoms with Crippen LogP contribution in [-0.4, -0.2) is 58.7 Å². The Balaban J connectivity index is 1.68. The average Bonchev–Trinajstić information content (AvgIpc) is 3.21. The molecule has 6 atom stereocenters. The third kappa shape index (κ3) is 2.82. The van der Waals surface area contributed by atoms with Crippen molar-refractivity contribution >= 4 is 23.6 Å². The van der Waals surface area contributed by atoms with E-state index in [9.17, 15) is 24.3 Å². The minimum absolute atomic E-state index is 0.0633. The summed E-state index contributed by atoms with van der Waals surface area (Å²) in [5.41, 5.74) is 1.39. The van der Waals surface area contributed by atoms with Gasteiger partial charge in [-0.3, -0.25) is 29.0 Å². The fraction of sp³-hybridized carbons (Fsp3) is 0.520. The van der Waals surface area contributed by atoms with E-state index in [2.05, 4.69) is 0 Å². The Labute approximate surface area is 192 Å². The van der Waals surface area contributed by atoms with E-state index in [4.69, 9.17) is 4.74 Å². The van der Waals surface area contributed by atoms with Gasteiger partial charge in [-0.1, -0.05) is 23.8 Å². The number of carbonyl (C=O) groups excluding carboxylic acids is 4. The number of phenolic OH excluding ortho intramolecular Hbond substituents is 1. The molecule has 2 aliphatic carbocycles. The van der Waals surface area contributed by atoms with E-state index in [1.54, 1.807) is 32.0 Å². The monoisotopic (exact) mass is 452 g/mol. The lowest BCUT2D eigenvalue weighted by Gasteiger charge is -2.44. The highest BCUT2D eigenvalue weighted by Crippen LogP contribution is 2.59. The van der Waals surface area contributed by atoms with Gasteiger partial charge in [0.25, 0.3) is 0 Å². The number of allylic oxidation sites excluding steroid dienone is 2. The Morgan fingerprint density at radius 1 is 0.909 bits per heavy atom. The van der Waals surface area contributed by atoms with E-state index in [-0.39, 0.29) is 47.6 Å². The molecule has 33 heavy (non-hydrogen) atoms. The summed E-state index contributed by atoms with van der Waals surface area (Å²) in [4.78, 5) is 55.3. The SMILES string of the molecule is CCN1C(=O)C2CC=C3C(CC4C(=O)N(CC)C(=O)C4C3c3cccc(OC)c3O)C2C1=O. The molecule has 174 valence electrons. The molecular formula is C25H28N2O6. The van der Waals surface area contributed by atoms with Crippen molar-refractivity contribution in [2.24, 2.45) is 29.6 Å². The van der Waals surface area contributed by atoms with Crippen LogP contribution in [0.3, 0.4) is 0 Å². The molecule has 5 rings (SSSR count). The number of rotatable bonds is 4. The summed E-state index contributed by atoms with van der Waals surface area (Å²) < 4.78 is 5.31. The molecule has 1 aromatic carbocycles. The fourth-order valence-corrected chi connectivity index (χ4v) is 6.65. The summed E-state index contributed by atoms with van der Waals surface area (Å²) in [6.45, 7) is 4.15. The topological polar surface area (TPSA) is 104 Å². The Morgan fingerprint density at radius 3 is 2.18 bits per heavy atom. The van der Waals surface area contributed by atoms with Crippen LogP contribution in [0.1, 0.15) is 38.2 Å². The predicted octanol–water partition coefficient (Wildman–Crippen LogP) is 2.08. The number of aromatic hydroxyl groups is 1. The minimum Gasteiger partial charge on any atom is -0.504 e. The summed E-state index contributed by atoms with van der Waals surface area (Å²) in [6, 6.07) is 5.14. The second-order valence-corrected chi connectivity index (χ2v) is 9.26. The molecule has 2 heterocycles. The van der Waals surface area contributed by atoms with Gasteiger partial charge >= 0.3 is 0 Å². The zero-order valence-electron chi connectivity index (χ0n) is 19.0. The van der Waals surface area contributed by atoms with Crippen LogP contribution in [0.4, 0.5) is 0 Å². The lowest BCUT2D eigenvalue weighted by Crippen LogP contribution is -2.43. The number of benzene rings is 1. The summed E-state index contributed by atoms with van der Waals surface area (Å²) in [5, 5.41) is 11.0. The number of hydrogen-bond acceptors (Lipinski definition) is 6. The molecule has 2 aliphatic heterocycles. The predicted molar refractivity (Wildman–Crippen MR) is 117 cm³/mol. The van der Waals surface area contributed by atoms with Crippen molar-refractivity contribution in [1.29, 1.82) is 0 Å². The molecule has 1 saturated carbocycles. The van der Waals surface area contributed by atoms with Crippen LogP contribution in [0.15, 0.2) is 29.8 Å². The van der Waals surface area contributed by atoms with Gasteiger partial charge < -0.3 is 9.84 Å². The van der Waals surface area contributed by atoms with Gasteiger partial charge in [-0.25, -0.2) is 0 Å². The number of imide groups is 2. The highest BCUT2D eigenvalue weighted by atomic mass is 16.5. The Bertz CT molecular complexity index is 1090. The van der Waals surface area contributed by atoms with E-state index in [1.807, 2.05) is 6.08 Å². The lowest BCUT2D eigenvalue weighted by molar-refractivity contribution is -0.141. The Kier molecular flexibility index (Phi) is 5.06. The standard InChI is InChI=1S/C25H28N2O6/c1-4-26-22(29)14-10-9-12-15(19(14)24(26)31)11-16-20(25(32)27(5-2)23(16)30)18(12)13-7-6-8-17(33-3)21(13)28/h6-9,14-16,18-20,28H,4-5,10-11H2,1-3H3.